The molecule has 0 nitrogen and oxygen atoms in total. The summed E-state index contributed by atoms with van der Waals surface area (Å²) in [6, 6.07) is 10.1. The van der Waals surface area contributed by atoms with Crippen molar-refractivity contribution in [2.45, 2.75) is 25.7 Å². The highest BCUT2D eigenvalue weighted by atomic mass is 14.0. The molecule has 0 atom stereocenters. The van der Waals surface area contributed by atoms with E-state index in [1.165, 1.54) is 31.3 Å². The van der Waals surface area contributed by atoms with Crippen LogP contribution in [0, 0.1) is 11.8 Å². The lowest BCUT2D eigenvalue weighted by Gasteiger charge is -2.07. The molecule has 0 saturated carbocycles. The molecule has 1 aromatic rings. The summed E-state index contributed by atoms with van der Waals surface area (Å²) in [5.74, 6) is 6.20. The lowest BCUT2D eigenvalue weighted by molar-refractivity contribution is 0.712. The zero-order chi connectivity index (χ0) is 11.1. The molecule has 0 unspecified atom stereocenters. The van der Waals surface area contributed by atoms with E-state index in [1.807, 2.05) is 36.4 Å². The third kappa shape index (κ3) is 3.44. The van der Waals surface area contributed by atoms with Gasteiger partial charge in [-0.05, 0) is 43.9 Å². The predicted octanol–water partition coefficient (Wildman–Crippen LogP) is 4.09. The highest BCUT2D eigenvalue weighted by Crippen LogP contribution is 2.17. The van der Waals surface area contributed by atoms with Crippen LogP contribution in [-0.2, 0) is 0 Å². The van der Waals surface area contributed by atoms with Crippen molar-refractivity contribution < 1.29 is 0 Å². The quantitative estimate of drug-likeness (QED) is 0.610. The summed E-state index contributed by atoms with van der Waals surface area (Å²) in [6.45, 7) is 0. The van der Waals surface area contributed by atoms with E-state index in [9.17, 15) is 0 Å². The van der Waals surface area contributed by atoms with Crippen LogP contribution in [0.25, 0.3) is 0 Å². The van der Waals surface area contributed by atoms with Crippen LogP contribution in [-0.4, -0.2) is 0 Å². The molecule has 0 N–H and O–H groups in total. The maximum Gasteiger partial charge on any atom is 0.0248 e. The van der Waals surface area contributed by atoms with Gasteiger partial charge in [0.25, 0.3) is 0 Å². The maximum atomic E-state index is 3.12. The minimum absolute atomic E-state index is 1.07. The van der Waals surface area contributed by atoms with Crippen LogP contribution in [0.5, 0.6) is 0 Å². The molecule has 1 aliphatic rings. The SMILES string of the molecule is C(#Cc1ccccc1)/C=C/C1=CCCCC1. The van der Waals surface area contributed by atoms with Crippen molar-refractivity contribution in [3.8, 4) is 11.8 Å². The molecule has 16 heavy (non-hydrogen) atoms. The van der Waals surface area contributed by atoms with Gasteiger partial charge in [0.2, 0.25) is 0 Å². The van der Waals surface area contributed by atoms with Crippen molar-refractivity contribution in [3.63, 3.8) is 0 Å². The van der Waals surface area contributed by atoms with Gasteiger partial charge in [-0.15, -0.1) is 0 Å². The highest BCUT2D eigenvalue weighted by molar-refractivity contribution is 5.38. The number of allylic oxidation sites excluding steroid dienone is 4. The molecular weight excluding hydrogens is 192 g/mol. The molecule has 0 spiro atoms. The molecule has 1 aromatic carbocycles. The van der Waals surface area contributed by atoms with Crippen LogP contribution in [0.1, 0.15) is 31.2 Å². The van der Waals surface area contributed by atoms with Crippen molar-refractivity contribution in [1.82, 2.24) is 0 Å². The van der Waals surface area contributed by atoms with Gasteiger partial charge in [0.1, 0.15) is 0 Å². The second-order valence-electron chi connectivity index (χ2n) is 3.99. The van der Waals surface area contributed by atoms with E-state index in [0.29, 0.717) is 0 Å². The van der Waals surface area contributed by atoms with E-state index in [-0.39, 0.29) is 0 Å². The summed E-state index contributed by atoms with van der Waals surface area (Å²) < 4.78 is 0. The minimum atomic E-state index is 1.07. The summed E-state index contributed by atoms with van der Waals surface area (Å²) in [6.07, 6.45) is 11.5. The van der Waals surface area contributed by atoms with E-state index in [2.05, 4.69) is 24.0 Å². The van der Waals surface area contributed by atoms with Crippen LogP contribution in [0.3, 0.4) is 0 Å². The average molecular weight is 208 g/mol. The molecule has 0 amide bonds. The molecule has 0 radical (unpaired) electrons. The lowest BCUT2D eigenvalue weighted by Crippen LogP contribution is -1.87. The van der Waals surface area contributed by atoms with E-state index in [1.54, 1.807) is 0 Å². The van der Waals surface area contributed by atoms with Crippen molar-refractivity contribution in [3.05, 3.63) is 59.7 Å². The second-order valence-corrected chi connectivity index (χ2v) is 3.99. The van der Waals surface area contributed by atoms with E-state index < -0.39 is 0 Å². The monoisotopic (exact) mass is 208 g/mol. The van der Waals surface area contributed by atoms with Gasteiger partial charge in [-0.1, -0.05) is 47.8 Å². The fourth-order valence-corrected chi connectivity index (χ4v) is 1.81. The number of benzene rings is 1. The minimum Gasteiger partial charge on any atom is -0.0813 e. The van der Waals surface area contributed by atoms with Crippen LogP contribution in [0.2, 0.25) is 0 Å². The first-order valence-electron chi connectivity index (χ1n) is 5.87. The summed E-state index contributed by atoms with van der Waals surface area (Å²) in [5, 5.41) is 0. The maximum absolute atomic E-state index is 3.12. The van der Waals surface area contributed by atoms with Crippen molar-refractivity contribution in [2.75, 3.05) is 0 Å². The smallest absolute Gasteiger partial charge is 0.0248 e. The van der Waals surface area contributed by atoms with Gasteiger partial charge in [0.05, 0.1) is 0 Å². The lowest BCUT2D eigenvalue weighted by atomic mass is 9.99. The van der Waals surface area contributed by atoms with Gasteiger partial charge in [-0.25, -0.2) is 0 Å². The third-order valence-corrected chi connectivity index (χ3v) is 2.70. The molecule has 1 aliphatic carbocycles. The van der Waals surface area contributed by atoms with E-state index in [4.69, 9.17) is 0 Å². The number of rotatable bonds is 1. The van der Waals surface area contributed by atoms with Gasteiger partial charge in [0.15, 0.2) is 0 Å². The Hall–Kier alpha value is -1.74. The zero-order valence-corrected chi connectivity index (χ0v) is 9.45. The Kier molecular flexibility index (Phi) is 4.02. The largest absolute Gasteiger partial charge is 0.0813 e. The van der Waals surface area contributed by atoms with Crippen LogP contribution in [0.15, 0.2) is 54.1 Å². The summed E-state index contributed by atoms with van der Waals surface area (Å²) in [4.78, 5) is 0. The van der Waals surface area contributed by atoms with Gasteiger partial charge >= 0.3 is 0 Å². The van der Waals surface area contributed by atoms with Crippen molar-refractivity contribution in [2.24, 2.45) is 0 Å². The predicted molar refractivity (Wildman–Crippen MR) is 69.0 cm³/mol. The first-order chi connectivity index (χ1) is 7.95. The second kappa shape index (κ2) is 5.98. The molecule has 80 valence electrons. The first kappa shape index (κ1) is 10.8. The summed E-state index contributed by atoms with van der Waals surface area (Å²) >= 11 is 0. The average Bonchev–Trinajstić information content (AvgIpc) is 2.37. The van der Waals surface area contributed by atoms with Gasteiger partial charge in [-0.2, -0.15) is 0 Å². The molecule has 0 aliphatic heterocycles. The van der Waals surface area contributed by atoms with Crippen LogP contribution in [0.4, 0.5) is 0 Å². The summed E-state index contributed by atoms with van der Waals surface area (Å²) in [7, 11) is 0. The molecule has 0 bridgehead atoms. The Labute approximate surface area is 97.7 Å². The Bertz CT molecular complexity index is 438. The van der Waals surface area contributed by atoms with Gasteiger partial charge in [0, 0.05) is 5.56 Å². The fourth-order valence-electron chi connectivity index (χ4n) is 1.81. The Morgan fingerprint density at radius 2 is 1.94 bits per heavy atom. The third-order valence-electron chi connectivity index (χ3n) is 2.70. The summed E-state index contributed by atoms with van der Waals surface area (Å²) in [5.41, 5.74) is 2.51. The normalized spacial score (nSPS) is 15.4. The molecule has 0 heterocycles. The number of hydrogen-bond acceptors (Lipinski definition) is 0. The first-order valence-corrected chi connectivity index (χ1v) is 5.87. The molecule has 0 saturated heterocycles. The van der Waals surface area contributed by atoms with Crippen molar-refractivity contribution in [1.29, 1.82) is 0 Å². The highest BCUT2D eigenvalue weighted by Gasteiger charge is 1.98. The van der Waals surface area contributed by atoms with E-state index >= 15 is 0 Å². The molecule has 0 aromatic heterocycles. The van der Waals surface area contributed by atoms with Crippen molar-refractivity contribution >= 4 is 0 Å². The number of hydrogen-bond donors (Lipinski definition) is 0. The van der Waals surface area contributed by atoms with Crippen LogP contribution >= 0.6 is 0 Å². The van der Waals surface area contributed by atoms with E-state index in [0.717, 1.165) is 5.56 Å². The topological polar surface area (TPSA) is 0 Å². The molecule has 0 heteroatoms. The fraction of sp³-hybridized carbons (Fsp3) is 0.250. The zero-order valence-electron chi connectivity index (χ0n) is 9.45. The standard InChI is InChI=1S/C16H16/c1-3-9-15(10-4-1)13-7-8-14-16-11-5-2-6-12-16/h1,3-4,8-11,14H,2,5-6,12H2/b14-8+. The Balaban J connectivity index is 1.94. The molecule has 2 rings (SSSR count). The molecule has 0 fully saturated rings. The van der Waals surface area contributed by atoms with Crippen LogP contribution < -0.4 is 0 Å². The van der Waals surface area contributed by atoms with Gasteiger partial charge < -0.3 is 0 Å². The Morgan fingerprint density at radius 1 is 1.06 bits per heavy atom. The molecular formula is C16H16. The van der Waals surface area contributed by atoms with Gasteiger partial charge in [-0.3, -0.25) is 0 Å². The Morgan fingerprint density at radius 3 is 2.69 bits per heavy atom.